The van der Waals surface area contributed by atoms with Crippen LogP contribution < -0.4 is 10.1 Å². The van der Waals surface area contributed by atoms with E-state index in [1.54, 1.807) is 24.5 Å². The summed E-state index contributed by atoms with van der Waals surface area (Å²) >= 11 is 1.71. The Hall–Kier alpha value is -4.20. The molecule has 2 amide bonds. The van der Waals surface area contributed by atoms with Gasteiger partial charge in [0, 0.05) is 42.7 Å². The van der Waals surface area contributed by atoms with Gasteiger partial charge >= 0.3 is 0 Å². The van der Waals surface area contributed by atoms with Gasteiger partial charge in [0.2, 0.25) is 5.91 Å². The van der Waals surface area contributed by atoms with Gasteiger partial charge in [-0.3, -0.25) is 9.59 Å². The minimum Gasteiger partial charge on any atom is -0.497 e. The van der Waals surface area contributed by atoms with Crippen LogP contribution in [0.1, 0.15) is 39.2 Å². The lowest BCUT2D eigenvalue weighted by Crippen LogP contribution is -2.33. The first-order chi connectivity index (χ1) is 21.1. The molecule has 0 aliphatic carbocycles. The number of amides is 2. The van der Waals surface area contributed by atoms with Crippen molar-refractivity contribution in [2.45, 2.75) is 25.8 Å². The molecule has 1 aliphatic rings. The van der Waals surface area contributed by atoms with E-state index in [2.05, 4.69) is 39.9 Å². The van der Waals surface area contributed by atoms with E-state index in [4.69, 9.17) is 4.74 Å². The molecule has 5 rings (SSSR count). The largest absolute Gasteiger partial charge is 0.497 e. The fourth-order valence-electron chi connectivity index (χ4n) is 5.30. The summed E-state index contributed by atoms with van der Waals surface area (Å²) in [4.78, 5) is 31.8. The number of thiophene rings is 1. The van der Waals surface area contributed by atoms with Crippen LogP contribution in [0.15, 0.2) is 96.4 Å². The molecular weight excluding hydrogens is 554 g/mol. The maximum atomic E-state index is 13.4. The van der Waals surface area contributed by atoms with Crippen molar-refractivity contribution in [1.82, 2.24) is 15.1 Å². The van der Waals surface area contributed by atoms with Gasteiger partial charge in [0.15, 0.2) is 0 Å². The van der Waals surface area contributed by atoms with Gasteiger partial charge in [-0.15, -0.1) is 11.3 Å². The molecule has 1 aliphatic heterocycles. The minimum atomic E-state index is -0.0498. The quantitative estimate of drug-likeness (QED) is 0.179. The highest BCUT2D eigenvalue weighted by Gasteiger charge is 2.14. The molecule has 0 saturated carbocycles. The molecule has 1 aromatic heterocycles. The van der Waals surface area contributed by atoms with Gasteiger partial charge in [-0.05, 0) is 102 Å². The van der Waals surface area contributed by atoms with Crippen LogP contribution >= 0.6 is 11.3 Å². The summed E-state index contributed by atoms with van der Waals surface area (Å²) in [5, 5.41) is 5.14. The zero-order chi connectivity index (χ0) is 29.9. The number of hydrogen-bond acceptors (Lipinski definition) is 5. The van der Waals surface area contributed by atoms with Gasteiger partial charge in [0.1, 0.15) is 5.75 Å². The maximum absolute atomic E-state index is 13.4. The van der Waals surface area contributed by atoms with E-state index in [0.29, 0.717) is 25.2 Å². The summed E-state index contributed by atoms with van der Waals surface area (Å²) < 4.78 is 5.24. The second kappa shape index (κ2) is 15.3. The van der Waals surface area contributed by atoms with Gasteiger partial charge in [-0.1, -0.05) is 48.5 Å². The van der Waals surface area contributed by atoms with Crippen LogP contribution in [0.25, 0.3) is 17.2 Å². The van der Waals surface area contributed by atoms with E-state index in [1.807, 2.05) is 71.6 Å². The highest BCUT2D eigenvalue weighted by molar-refractivity contribution is 7.09. The third-order valence-electron chi connectivity index (χ3n) is 7.72. The van der Waals surface area contributed by atoms with Crippen LogP contribution in [0.2, 0.25) is 0 Å². The lowest BCUT2D eigenvalue weighted by Gasteiger charge is -2.22. The second-order valence-corrected chi connectivity index (χ2v) is 11.8. The van der Waals surface area contributed by atoms with E-state index in [-0.39, 0.29) is 11.8 Å². The molecule has 4 aromatic rings. The zero-order valence-corrected chi connectivity index (χ0v) is 25.5. The highest BCUT2D eigenvalue weighted by atomic mass is 32.1. The van der Waals surface area contributed by atoms with Gasteiger partial charge < -0.3 is 19.9 Å². The number of carbonyl (C=O) groups excluding carboxylic acids is 2. The van der Waals surface area contributed by atoms with Crippen LogP contribution in [0.4, 0.5) is 0 Å². The predicted molar refractivity (Wildman–Crippen MR) is 175 cm³/mol. The monoisotopic (exact) mass is 593 g/mol. The van der Waals surface area contributed by atoms with Gasteiger partial charge in [0.05, 0.1) is 7.11 Å². The number of methoxy groups -OCH3 is 1. The van der Waals surface area contributed by atoms with Crippen LogP contribution in [0.5, 0.6) is 5.75 Å². The molecule has 3 aromatic carbocycles. The van der Waals surface area contributed by atoms with Crippen LogP contribution in [0.3, 0.4) is 0 Å². The molecule has 1 saturated heterocycles. The Morgan fingerprint density at radius 3 is 2.47 bits per heavy atom. The Morgan fingerprint density at radius 2 is 1.72 bits per heavy atom. The van der Waals surface area contributed by atoms with Crippen molar-refractivity contribution in [3.05, 3.63) is 118 Å². The SMILES string of the molecule is COc1ccc(/C=C/C(=O)N(CCc2cccs2)Cc2cccc(-c3cccc(C(=O)NCCN4CCCC4)c3)c2)cc1. The number of carbonyl (C=O) groups is 2. The lowest BCUT2D eigenvalue weighted by atomic mass is 10.0. The number of likely N-dealkylation sites (tertiary alicyclic amines) is 1. The Kier molecular flexibility index (Phi) is 10.8. The molecule has 0 spiro atoms. The summed E-state index contributed by atoms with van der Waals surface area (Å²) in [6.45, 7) is 4.89. The first-order valence-electron chi connectivity index (χ1n) is 14.9. The summed E-state index contributed by atoms with van der Waals surface area (Å²) in [5.74, 6) is 0.696. The second-order valence-electron chi connectivity index (χ2n) is 10.8. The van der Waals surface area contributed by atoms with Gasteiger partial charge in [-0.25, -0.2) is 0 Å². The molecule has 6 nitrogen and oxygen atoms in total. The Labute approximate surface area is 258 Å². The maximum Gasteiger partial charge on any atom is 0.251 e. The van der Waals surface area contributed by atoms with Crippen LogP contribution in [-0.4, -0.2) is 61.4 Å². The van der Waals surface area contributed by atoms with Crippen LogP contribution in [-0.2, 0) is 17.8 Å². The lowest BCUT2D eigenvalue weighted by molar-refractivity contribution is -0.126. The molecule has 7 heteroatoms. The summed E-state index contributed by atoms with van der Waals surface area (Å²) in [7, 11) is 1.64. The molecule has 222 valence electrons. The first-order valence-corrected chi connectivity index (χ1v) is 15.8. The Morgan fingerprint density at radius 1 is 0.953 bits per heavy atom. The van der Waals surface area contributed by atoms with Crippen molar-refractivity contribution >= 4 is 29.2 Å². The predicted octanol–water partition coefficient (Wildman–Crippen LogP) is 6.53. The summed E-state index contributed by atoms with van der Waals surface area (Å²) in [6.07, 6.45) is 6.78. The van der Waals surface area contributed by atoms with Gasteiger partial charge in [-0.2, -0.15) is 0 Å². The molecule has 0 atom stereocenters. The molecular formula is C36H39N3O3S. The van der Waals surface area contributed by atoms with Gasteiger partial charge in [0.25, 0.3) is 5.91 Å². The first kappa shape index (κ1) is 30.3. The minimum absolute atomic E-state index is 0.0367. The molecule has 0 unspecified atom stereocenters. The van der Waals surface area contributed by atoms with Crippen molar-refractivity contribution in [2.75, 3.05) is 39.8 Å². The molecule has 2 heterocycles. The van der Waals surface area contributed by atoms with E-state index >= 15 is 0 Å². The number of rotatable bonds is 13. The fraction of sp³-hybridized carbons (Fsp3) is 0.278. The third-order valence-corrected chi connectivity index (χ3v) is 8.66. The van der Waals surface area contributed by atoms with E-state index in [0.717, 1.165) is 54.1 Å². The zero-order valence-electron chi connectivity index (χ0n) is 24.7. The van der Waals surface area contributed by atoms with Crippen LogP contribution in [0, 0.1) is 0 Å². The van der Waals surface area contributed by atoms with Crippen molar-refractivity contribution in [3.63, 3.8) is 0 Å². The summed E-state index contributed by atoms with van der Waals surface area (Å²) in [5.41, 5.74) is 4.62. The van der Waals surface area contributed by atoms with Crippen molar-refractivity contribution in [3.8, 4) is 16.9 Å². The molecule has 0 bridgehead atoms. The summed E-state index contributed by atoms with van der Waals surface area (Å²) in [6, 6.07) is 27.8. The molecule has 1 N–H and O–H groups in total. The topological polar surface area (TPSA) is 61.9 Å². The van der Waals surface area contributed by atoms with Crippen molar-refractivity contribution in [2.24, 2.45) is 0 Å². The van der Waals surface area contributed by atoms with E-state index in [1.165, 1.54) is 17.7 Å². The van der Waals surface area contributed by atoms with E-state index < -0.39 is 0 Å². The van der Waals surface area contributed by atoms with Crippen molar-refractivity contribution < 1.29 is 14.3 Å². The van der Waals surface area contributed by atoms with Crippen molar-refractivity contribution in [1.29, 1.82) is 0 Å². The highest BCUT2D eigenvalue weighted by Crippen LogP contribution is 2.23. The average molecular weight is 594 g/mol. The van der Waals surface area contributed by atoms with E-state index in [9.17, 15) is 9.59 Å². The number of hydrogen-bond donors (Lipinski definition) is 1. The standard InChI is InChI=1S/C36H39N3O3S/c1-42-33-15-12-28(13-16-33)14-17-35(40)39(22-18-34-11-6-24-43-34)27-29-7-4-8-30(25-29)31-9-5-10-32(26-31)36(41)37-19-23-38-20-2-3-21-38/h4-17,24-26H,2-3,18-23,27H2,1H3,(H,37,41)/b17-14+. The molecule has 43 heavy (non-hydrogen) atoms. The third kappa shape index (κ3) is 8.89. The fourth-order valence-corrected chi connectivity index (χ4v) is 6.00. The molecule has 0 radical (unpaired) electrons. The smallest absolute Gasteiger partial charge is 0.251 e. The number of benzene rings is 3. The molecule has 1 fully saturated rings. The number of nitrogens with zero attached hydrogens (tertiary/aromatic N) is 2. The number of nitrogens with one attached hydrogen (secondary N) is 1. The Balaban J connectivity index is 1.27. The number of ether oxygens (including phenoxy) is 1. The average Bonchev–Trinajstić information content (AvgIpc) is 3.77. The Bertz CT molecular complexity index is 1510. The normalized spacial score (nSPS) is 13.3.